The van der Waals surface area contributed by atoms with Crippen molar-refractivity contribution in [2.24, 2.45) is 0 Å². The Labute approximate surface area is 176 Å². The van der Waals surface area contributed by atoms with E-state index in [4.69, 9.17) is 18.9 Å². The summed E-state index contributed by atoms with van der Waals surface area (Å²) in [7, 11) is 4.39. The number of carbonyl (C=O) groups excluding carboxylic acids is 2. The normalized spacial score (nSPS) is 10.5. The fraction of sp³-hybridized carbons (Fsp3) is 0.304. The number of benzene rings is 2. The maximum Gasteiger partial charge on any atom is 0.325 e. The Balaban J connectivity index is 2.26. The van der Waals surface area contributed by atoms with Gasteiger partial charge in [-0.15, -0.1) is 0 Å². The first-order valence-electron chi connectivity index (χ1n) is 9.48. The number of esters is 1. The molecule has 0 fully saturated rings. The molecule has 0 aliphatic rings. The predicted octanol–water partition coefficient (Wildman–Crippen LogP) is 3.32. The molecule has 30 heavy (non-hydrogen) atoms. The van der Waals surface area contributed by atoms with Crippen molar-refractivity contribution in [2.45, 2.75) is 13.5 Å². The second-order valence-electron chi connectivity index (χ2n) is 6.30. The Morgan fingerprint density at radius 1 is 1.00 bits per heavy atom. The van der Waals surface area contributed by atoms with E-state index in [0.717, 1.165) is 11.1 Å². The highest BCUT2D eigenvalue weighted by atomic mass is 16.5. The Morgan fingerprint density at radius 3 is 2.27 bits per heavy atom. The molecule has 0 aliphatic heterocycles. The number of carbonyl (C=O) groups is 2. The van der Waals surface area contributed by atoms with E-state index in [0.29, 0.717) is 23.9 Å². The van der Waals surface area contributed by atoms with E-state index in [1.165, 1.54) is 18.1 Å². The minimum absolute atomic E-state index is 0.180. The number of rotatable bonds is 10. The second kappa shape index (κ2) is 11.5. The predicted molar refractivity (Wildman–Crippen MR) is 114 cm³/mol. The van der Waals surface area contributed by atoms with Crippen LogP contribution in [0.5, 0.6) is 17.2 Å². The number of hydrogen-bond acceptors (Lipinski definition) is 6. The maximum absolute atomic E-state index is 12.9. The van der Waals surface area contributed by atoms with Crippen LogP contribution in [0.2, 0.25) is 0 Å². The third-order valence-electron chi connectivity index (χ3n) is 4.27. The molecule has 2 aromatic rings. The minimum Gasteiger partial charge on any atom is -0.497 e. The molecule has 0 aromatic heterocycles. The molecule has 2 rings (SSSR count). The van der Waals surface area contributed by atoms with Gasteiger partial charge in [-0.25, -0.2) is 0 Å². The van der Waals surface area contributed by atoms with Gasteiger partial charge in [-0.3, -0.25) is 9.59 Å². The number of methoxy groups -OCH3 is 3. The van der Waals surface area contributed by atoms with Crippen LogP contribution in [0.3, 0.4) is 0 Å². The van der Waals surface area contributed by atoms with Crippen LogP contribution >= 0.6 is 0 Å². The van der Waals surface area contributed by atoms with E-state index in [2.05, 4.69) is 0 Å². The first-order valence-corrected chi connectivity index (χ1v) is 9.48. The van der Waals surface area contributed by atoms with Gasteiger partial charge in [0.2, 0.25) is 5.91 Å². The van der Waals surface area contributed by atoms with Crippen molar-refractivity contribution in [1.82, 2.24) is 4.90 Å². The van der Waals surface area contributed by atoms with E-state index < -0.39 is 5.97 Å². The first kappa shape index (κ1) is 22.8. The van der Waals surface area contributed by atoms with Crippen molar-refractivity contribution in [3.63, 3.8) is 0 Å². The molecule has 7 heteroatoms. The largest absolute Gasteiger partial charge is 0.497 e. The monoisotopic (exact) mass is 413 g/mol. The zero-order chi connectivity index (χ0) is 21.9. The van der Waals surface area contributed by atoms with Crippen LogP contribution in [0.25, 0.3) is 6.08 Å². The molecule has 0 unspecified atom stereocenters. The SMILES string of the molecule is CCOc1ccccc1/C=C/C(=O)N(CC(=O)OC)Cc1cc(OC)cc(OC)c1. The van der Waals surface area contributed by atoms with E-state index in [9.17, 15) is 9.59 Å². The average Bonchev–Trinajstić information content (AvgIpc) is 2.77. The van der Waals surface area contributed by atoms with Gasteiger partial charge >= 0.3 is 5.97 Å². The Morgan fingerprint density at radius 2 is 1.67 bits per heavy atom. The van der Waals surface area contributed by atoms with Crippen LogP contribution in [-0.2, 0) is 20.9 Å². The standard InChI is InChI=1S/C23H27NO6/c1-5-30-21-9-7-6-8-18(21)10-11-22(25)24(16-23(26)29-4)15-17-12-19(27-2)14-20(13-17)28-3/h6-14H,5,15-16H2,1-4H3/b11-10+. The molecular weight excluding hydrogens is 386 g/mol. The summed E-state index contributed by atoms with van der Waals surface area (Å²) in [6.07, 6.45) is 3.09. The van der Waals surface area contributed by atoms with Gasteiger partial charge in [0.25, 0.3) is 0 Å². The Hall–Kier alpha value is -3.48. The highest BCUT2D eigenvalue weighted by molar-refractivity contribution is 5.94. The highest BCUT2D eigenvalue weighted by Crippen LogP contribution is 2.24. The topological polar surface area (TPSA) is 74.3 Å². The molecular formula is C23H27NO6. The van der Waals surface area contributed by atoms with Crippen LogP contribution in [-0.4, -0.2) is 51.3 Å². The molecule has 0 N–H and O–H groups in total. The molecule has 7 nitrogen and oxygen atoms in total. The molecule has 0 saturated heterocycles. The zero-order valence-electron chi connectivity index (χ0n) is 17.7. The number of nitrogens with zero attached hydrogens (tertiary/aromatic N) is 1. The average molecular weight is 413 g/mol. The van der Waals surface area contributed by atoms with Crippen LogP contribution in [0, 0.1) is 0 Å². The molecule has 160 valence electrons. The minimum atomic E-state index is -0.513. The van der Waals surface area contributed by atoms with Gasteiger partial charge in [-0.1, -0.05) is 18.2 Å². The lowest BCUT2D eigenvalue weighted by Gasteiger charge is -2.21. The van der Waals surface area contributed by atoms with E-state index >= 15 is 0 Å². The molecule has 0 spiro atoms. The summed E-state index contributed by atoms with van der Waals surface area (Å²) >= 11 is 0. The van der Waals surface area contributed by atoms with Gasteiger partial charge in [0.1, 0.15) is 23.8 Å². The van der Waals surface area contributed by atoms with Gasteiger partial charge in [-0.2, -0.15) is 0 Å². The maximum atomic E-state index is 12.9. The third-order valence-corrected chi connectivity index (χ3v) is 4.27. The van der Waals surface area contributed by atoms with Crippen molar-refractivity contribution >= 4 is 18.0 Å². The van der Waals surface area contributed by atoms with Crippen LogP contribution < -0.4 is 14.2 Å². The summed E-state index contributed by atoms with van der Waals surface area (Å²) in [6, 6.07) is 12.7. The van der Waals surface area contributed by atoms with Crippen molar-refractivity contribution in [1.29, 1.82) is 0 Å². The summed E-state index contributed by atoms with van der Waals surface area (Å²) < 4.78 is 20.9. The van der Waals surface area contributed by atoms with Gasteiger partial charge in [-0.05, 0) is 36.8 Å². The number of hydrogen-bond donors (Lipinski definition) is 0. The molecule has 0 heterocycles. The van der Waals surface area contributed by atoms with E-state index in [1.54, 1.807) is 38.5 Å². The lowest BCUT2D eigenvalue weighted by Crippen LogP contribution is -2.34. The van der Waals surface area contributed by atoms with Crippen molar-refractivity contribution in [3.8, 4) is 17.2 Å². The Bertz CT molecular complexity index is 871. The van der Waals surface area contributed by atoms with Gasteiger partial charge in [0, 0.05) is 24.3 Å². The summed E-state index contributed by atoms with van der Waals surface area (Å²) in [6.45, 7) is 2.41. The van der Waals surface area contributed by atoms with E-state index in [1.807, 2.05) is 31.2 Å². The third kappa shape index (κ3) is 6.55. The summed E-state index contributed by atoms with van der Waals surface area (Å²) in [4.78, 5) is 26.1. The summed E-state index contributed by atoms with van der Waals surface area (Å²) in [5.41, 5.74) is 1.53. The highest BCUT2D eigenvalue weighted by Gasteiger charge is 2.17. The van der Waals surface area contributed by atoms with Crippen LogP contribution in [0.15, 0.2) is 48.5 Å². The molecule has 0 saturated carbocycles. The second-order valence-corrected chi connectivity index (χ2v) is 6.30. The molecule has 0 aliphatic carbocycles. The quantitative estimate of drug-likeness (QED) is 0.439. The fourth-order valence-corrected chi connectivity index (χ4v) is 2.78. The van der Waals surface area contributed by atoms with Gasteiger partial charge in [0.15, 0.2) is 0 Å². The summed E-state index contributed by atoms with van der Waals surface area (Å²) in [5, 5.41) is 0. The van der Waals surface area contributed by atoms with Crippen LogP contribution in [0.4, 0.5) is 0 Å². The fourth-order valence-electron chi connectivity index (χ4n) is 2.78. The molecule has 2 aromatic carbocycles. The summed E-state index contributed by atoms with van der Waals surface area (Å²) in [5.74, 6) is 1.02. The molecule has 1 amide bonds. The van der Waals surface area contributed by atoms with Crippen LogP contribution in [0.1, 0.15) is 18.1 Å². The van der Waals surface area contributed by atoms with Crippen molar-refractivity contribution < 1.29 is 28.5 Å². The Kier molecular flexibility index (Phi) is 8.75. The van der Waals surface area contributed by atoms with Gasteiger partial charge < -0.3 is 23.8 Å². The number of ether oxygens (including phenoxy) is 4. The van der Waals surface area contributed by atoms with Crippen molar-refractivity contribution in [2.75, 3.05) is 34.5 Å². The van der Waals surface area contributed by atoms with E-state index in [-0.39, 0.29) is 19.0 Å². The number of amides is 1. The zero-order valence-corrected chi connectivity index (χ0v) is 17.7. The number of para-hydroxylation sites is 1. The first-order chi connectivity index (χ1) is 14.5. The van der Waals surface area contributed by atoms with Crippen molar-refractivity contribution in [3.05, 3.63) is 59.7 Å². The molecule has 0 bridgehead atoms. The molecule has 0 radical (unpaired) electrons. The smallest absolute Gasteiger partial charge is 0.325 e. The van der Waals surface area contributed by atoms with Gasteiger partial charge in [0.05, 0.1) is 27.9 Å². The lowest BCUT2D eigenvalue weighted by atomic mass is 10.1. The molecule has 0 atom stereocenters. The lowest BCUT2D eigenvalue weighted by molar-refractivity contribution is -0.145.